The van der Waals surface area contributed by atoms with Crippen molar-refractivity contribution in [2.75, 3.05) is 12.8 Å². The van der Waals surface area contributed by atoms with E-state index in [1.54, 1.807) is 19.5 Å². The average Bonchev–Trinajstić information content (AvgIpc) is 2.89. The van der Waals surface area contributed by atoms with Crippen molar-refractivity contribution < 1.29 is 9.26 Å². The summed E-state index contributed by atoms with van der Waals surface area (Å²) in [6, 6.07) is 5.84. The zero-order valence-corrected chi connectivity index (χ0v) is 11.7. The number of nitrogen functional groups attached to an aromatic ring is 1. The third kappa shape index (κ3) is 2.31. The van der Waals surface area contributed by atoms with E-state index in [0.717, 1.165) is 16.7 Å². The zero-order valence-electron chi connectivity index (χ0n) is 11.7. The SMILES string of the molecule is COc1ccc(C)cc1-c1c(-c2cncnc2)noc1N. The Bertz CT molecular complexity index is 769. The molecule has 0 bridgehead atoms. The molecule has 0 spiro atoms. The lowest BCUT2D eigenvalue weighted by molar-refractivity contribution is 0.416. The van der Waals surface area contributed by atoms with E-state index in [2.05, 4.69) is 15.1 Å². The summed E-state index contributed by atoms with van der Waals surface area (Å²) in [6.45, 7) is 2.00. The number of hydrogen-bond donors (Lipinski definition) is 1. The molecule has 3 rings (SSSR count). The topological polar surface area (TPSA) is 87.1 Å². The molecule has 0 saturated carbocycles. The van der Waals surface area contributed by atoms with Crippen LogP contribution in [0.25, 0.3) is 22.4 Å². The van der Waals surface area contributed by atoms with Gasteiger partial charge in [-0.3, -0.25) is 0 Å². The van der Waals surface area contributed by atoms with Crippen LogP contribution in [0.1, 0.15) is 5.56 Å². The van der Waals surface area contributed by atoms with Crippen LogP contribution >= 0.6 is 0 Å². The number of hydrogen-bond acceptors (Lipinski definition) is 6. The Hall–Kier alpha value is -2.89. The van der Waals surface area contributed by atoms with E-state index in [1.165, 1.54) is 6.33 Å². The molecule has 1 aromatic carbocycles. The van der Waals surface area contributed by atoms with Crippen LogP contribution in [0.15, 0.2) is 41.4 Å². The first-order valence-electron chi connectivity index (χ1n) is 6.36. The molecule has 2 aromatic heterocycles. The van der Waals surface area contributed by atoms with Gasteiger partial charge in [-0.15, -0.1) is 0 Å². The maximum absolute atomic E-state index is 5.96. The number of benzene rings is 1. The highest BCUT2D eigenvalue weighted by Gasteiger charge is 2.21. The number of ether oxygens (including phenoxy) is 1. The number of nitrogens with zero attached hydrogens (tertiary/aromatic N) is 3. The van der Waals surface area contributed by atoms with Gasteiger partial charge in [0, 0.05) is 23.5 Å². The van der Waals surface area contributed by atoms with E-state index in [-0.39, 0.29) is 5.88 Å². The molecule has 3 aromatic rings. The molecule has 0 radical (unpaired) electrons. The van der Waals surface area contributed by atoms with Crippen LogP contribution in [-0.2, 0) is 0 Å². The molecule has 0 unspecified atom stereocenters. The number of anilines is 1. The van der Waals surface area contributed by atoms with Crippen molar-refractivity contribution in [3.05, 3.63) is 42.5 Å². The Labute approximate surface area is 121 Å². The fourth-order valence-corrected chi connectivity index (χ4v) is 2.20. The van der Waals surface area contributed by atoms with Crippen molar-refractivity contribution in [3.63, 3.8) is 0 Å². The van der Waals surface area contributed by atoms with Crippen LogP contribution in [-0.4, -0.2) is 22.2 Å². The number of methoxy groups -OCH3 is 1. The second-order valence-electron chi connectivity index (χ2n) is 4.60. The molecule has 0 aliphatic heterocycles. The molecule has 0 amide bonds. The summed E-state index contributed by atoms with van der Waals surface area (Å²) >= 11 is 0. The van der Waals surface area contributed by atoms with Gasteiger partial charge in [0.2, 0.25) is 5.88 Å². The third-order valence-electron chi connectivity index (χ3n) is 3.18. The minimum absolute atomic E-state index is 0.234. The lowest BCUT2D eigenvalue weighted by Crippen LogP contribution is -1.93. The number of aromatic nitrogens is 3. The minimum atomic E-state index is 0.234. The molecule has 2 heterocycles. The van der Waals surface area contributed by atoms with E-state index in [0.29, 0.717) is 17.0 Å². The normalized spacial score (nSPS) is 10.6. The number of rotatable bonds is 3. The predicted molar refractivity (Wildman–Crippen MR) is 78.7 cm³/mol. The molecular formula is C15H14N4O2. The van der Waals surface area contributed by atoms with E-state index >= 15 is 0 Å². The highest BCUT2D eigenvalue weighted by Crippen LogP contribution is 2.40. The van der Waals surface area contributed by atoms with Gasteiger partial charge < -0.3 is 15.0 Å². The average molecular weight is 282 g/mol. The summed E-state index contributed by atoms with van der Waals surface area (Å²) in [6.07, 6.45) is 4.78. The second-order valence-corrected chi connectivity index (χ2v) is 4.60. The highest BCUT2D eigenvalue weighted by atomic mass is 16.5. The summed E-state index contributed by atoms with van der Waals surface area (Å²) < 4.78 is 10.6. The summed E-state index contributed by atoms with van der Waals surface area (Å²) in [5.41, 5.74) is 9.89. The molecule has 106 valence electrons. The van der Waals surface area contributed by atoms with Crippen LogP contribution in [0.2, 0.25) is 0 Å². The smallest absolute Gasteiger partial charge is 0.230 e. The fraction of sp³-hybridized carbons (Fsp3) is 0.133. The molecule has 6 heteroatoms. The maximum Gasteiger partial charge on any atom is 0.230 e. The standard InChI is InChI=1S/C15H14N4O2/c1-9-3-4-12(20-2)11(5-9)13-14(19-21-15(13)16)10-6-17-8-18-7-10/h3-8H,16H2,1-2H3. The molecule has 0 saturated heterocycles. The van der Waals surface area contributed by atoms with Gasteiger partial charge in [0.25, 0.3) is 0 Å². The van der Waals surface area contributed by atoms with Crippen LogP contribution in [0, 0.1) is 6.92 Å². The van der Waals surface area contributed by atoms with Gasteiger partial charge in [0.15, 0.2) is 0 Å². The summed E-state index contributed by atoms with van der Waals surface area (Å²) in [5.74, 6) is 0.936. The molecule has 0 atom stereocenters. The van der Waals surface area contributed by atoms with Gasteiger partial charge in [-0.25, -0.2) is 9.97 Å². The highest BCUT2D eigenvalue weighted by molar-refractivity contribution is 5.89. The zero-order chi connectivity index (χ0) is 14.8. The van der Waals surface area contributed by atoms with E-state index < -0.39 is 0 Å². The summed E-state index contributed by atoms with van der Waals surface area (Å²) in [7, 11) is 1.61. The Balaban J connectivity index is 2.24. The van der Waals surface area contributed by atoms with E-state index in [4.69, 9.17) is 15.0 Å². The van der Waals surface area contributed by atoms with Crippen LogP contribution in [0.4, 0.5) is 5.88 Å². The lowest BCUT2D eigenvalue weighted by Gasteiger charge is -2.09. The van der Waals surface area contributed by atoms with Gasteiger partial charge in [-0.2, -0.15) is 0 Å². The van der Waals surface area contributed by atoms with Crippen molar-refractivity contribution in [2.24, 2.45) is 0 Å². The Morgan fingerprint density at radius 3 is 2.67 bits per heavy atom. The van der Waals surface area contributed by atoms with Gasteiger partial charge in [0.05, 0.1) is 12.7 Å². The molecular weight excluding hydrogens is 268 g/mol. The monoisotopic (exact) mass is 282 g/mol. The molecule has 0 aliphatic rings. The maximum atomic E-state index is 5.96. The van der Waals surface area contributed by atoms with Gasteiger partial charge in [0.1, 0.15) is 17.8 Å². The van der Waals surface area contributed by atoms with Gasteiger partial charge in [-0.05, 0) is 19.1 Å². The largest absolute Gasteiger partial charge is 0.496 e. The molecule has 2 N–H and O–H groups in total. The molecule has 0 fully saturated rings. The van der Waals surface area contributed by atoms with Gasteiger partial charge in [-0.1, -0.05) is 16.8 Å². The summed E-state index contributed by atoms with van der Waals surface area (Å²) in [4.78, 5) is 8.00. The minimum Gasteiger partial charge on any atom is -0.496 e. The Morgan fingerprint density at radius 1 is 1.19 bits per heavy atom. The molecule has 6 nitrogen and oxygen atoms in total. The Kier molecular flexibility index (Phi) is 3.27. The van der Waals surface area contributed by atoms with E-state index in [9.17, 15) is 0 Å². The fourth-order valence-electron chi connectivity index (χ4n) is 2.20. The molecule has 21 heavy (non-hydrogen) atoms. The first-order valence-corrected chi connectivity index (χ1v) is 6.36. The van der Waals surface area contributed by atoms with Crippen molar-refractivity contribution in [1.82, 2.24) is 15.1 Å². The van der Waals surface area contributed by atoms with Crippen LogP contribution in [0.3, 0.4) is 0 Å². The van der Waals surface area contributed by atoms with E-state index in [1.807, 2.05) is 25.1 Å². The number of aryl methyl sites for hydroxylation is 1. The first-order chi connectivity index (χ1) is 10.2. The Morgan fingerprint density at radius 2 is 1.95 bits per heavy atom. The lowest BCUT2D eigenvalue weighted by atomic mass is 10.00. The van der Waals surface area contributed by atoms with Crippen LogP contribution < -0.4 is 10.5 Å². The first kappa shape index (κ1) is 13.1. The second kappa shape index (κ2) is 5.24. The predicted octanol–water partition coefficient (Wildman–Crippen LogP) is 2.70. The van der Waals surface area contributed by atoms with Crippen molar-refractivity contribution in [2.45, 2.75) is 6.92 Å². The number of nitrogens with two attached hydrogens (primary N) is 1. The van der Waals surface area contributed by atoms with Gasteiger partial charge >= 0.3 is 0 Å². The summed E-state index contributed by atoms with van der Waals surface area (Å²) in [5, 5.41) is 4.03. The third-order valence-corrected chi connectivity index (χ3v) is 3.18. The van der Waals surface area contributed by atoms with Crippen LogP contribution in [0.5, 0.6) is 5.75 Å². The van der Waals surface area contributed by atoms with Crippen molar-refractivity contribution in [3.8, 4) is 28.1 Å². The quantitative estimate of drug-likeness (QED) is 0.794. The van der Waals surface area contributed by atoms with Crippen molar-refractivity contribution in [1.29, 1.82) is 0 Å². The van der Waals surface area contributed by atoms with Crippen molar-refractivity contribution >= 4 is 5.88 Å². The molecule has 0 aliphatic carbocycles.